The molecule has 0 aliphatic heterocycles. The van der Waals surface area contributed by atoms with Crippen LogP contribution in [0.25, 0.3) is 0 Å². The third kappa shape index (κ3) is 2.61. The van der Waals surface area contributed by atoms with Crippen molar-refractivity contribution in [2.24, 2.45) is 0 Å². The second kappa shape index (κ2) is 5.05. The van der Waals surface area contributed by atoms with Crippen molar-refractivity contribution in [1.29, 1.82) is 0 Å². The number of benzene rings is 1. The minimum absolute atomic E-state index is 0.140. The number of nitrogens with zero attached hydrogens (tertiary/aromatic N) is 2. The number of hydrogen-bond donors (Lipinski definition) is 1. The fraction of sp³-hybridized carbons (Fsp3) is 0.0909. The molecule has 6 heteroatoms. The van der Waals surface area contributed by atoms with Crippen molar-refractivity contribution in [1.82, 2.24) is 9.78 Å². The quantitative estimate of drug-likeness (QED) is 0.834. The van der Waals surface area contributed by atoms with Crippen LogP contribution in [0.4, 0.5) is 5.69 Å². The van der Waals surface area contributed by atoms with Gasteiger partial charge in [-0.25, -0.2) is 4.68 Å². The molecule has 0 spiro atoms. The molecule has 4 nitrogen and oxygen atoms in total. The summed E-state index contributed by atoms with van der Waals surface area (Å²) in [6.45, 7) is 0.362. The Bertz CT molecular complexity index is 598. The molecule has 0 radical (unpaired) electrons. The number of aromatic nitrogens is 2. The molecule has 0 unspecified atom stereocenters. The van der Waals surface area contributed by atoms with Crippen LogP contribution < -0.4 is 11.3 Å². The number of rotatable bonds is 2. The third-order valence-corrected chi connectivity index (χ3v) is 3.94. The normalized spacial score (nSPS) is 10.5. The molecule has 0 amide bonds. The van der Waals surface area contributed by atoms with Crippen LogP contribution in [0.15, 0.2) is 35.1 Å². The second-order valence-electron chi connectivity index (χ2n) is 3.47. The van der Waals surface area contributed by atoms with E-state index in [0.717, 1.165) is 5.56 Å². The highest BCUT2D eigenvalue weighted by atomic mass is 127. The Labute approximate surface area is 117 Å². The van der Waals surface area contributed by atoms with Gasteiger partial charge in [-0.1, -0.05) is 41.9 Å². The zero-order valence-electron chi connectivity index (χ0n) is 8.73. The van der Waals surface area contributed by atoms with Crippen molar-refractivity contribution < 1.29 is 0 Å². The molecule has 1 aromatic heterocycles. The van der Waals surface area contributed by atoms with Crippen molar-refractivity contribution >= 4 is 39.9 Å². The van der Waals surface area contributed by atoms with E-state index in [9.17, 15) is 4.79 Å². The van der Waals surface area contributed by atoms with Crippen LogP contribution in [0, 0.1) is 3.57 Å². The van der Waals surface area contributed by atoms with Crippen molar-refractivity contribution in [3.05, 3.63) is 55.0 Å². The largest absolute Gasteiger partial charge is 0.393 e. The van der Waals surface area contributed by atoms with E-state index >= 15 is 0 Å². The first kappa shape index (κ1) is 12.4. The number of nitrogens with two attached hydrogens (primary N) is 1. The fourth-order valence-electron chi connectivity index (χ4n) is 1.40. The van der Waals surface area contributed by atoms with E-state index in [1.54, 1.807) is 0 Å². The maximum atomic E-state index is 11.9. The summed E-state index contributed by atoms with van der Waals surface area (Å²) in [7, 11) is 0. The van der Waals surface area contributed by atoms with Crippen LogP contribution in [0.3, 0.4) is 0 Å². The lowest BCUT2D eigenvalue weighted by Gasteiger charge is -2.07. The van der Waals surface area contributed by atoms with Crippen molar-refractivity contribution in [3.8, 4) is 0 Å². The average molecular weight is 362 g/mol. The van der Waals surface area contributed by atoms with Gasteiger partial charge in [0.25, 0.3) is 5.56 Å². The molecule has 0 saturated heterocycles. The monoisotopic (exact) mass is 361 g/mol. The first-order valence-corrected chi connectivity index (χ1v) is 6.31. The Kier molecular flexibility index (Phi) is 3.68. The van der Waals surface area contributed by atoms with Gasteiger partial charge >= 0.3 is 0 Å². The number of hydrogen-bond acceptors (Lipinski definition) is 3. The molecule has 0 saturated carbocycles. The second-order valence-corrected chi connectivity index (χ2v) is 4.90. The molecule has 0 aliphatic rings. The first-order valence-electron chi connectivity index (χ1n) is 4.85. The summed E-state index contributed by atoms with van der Waals surface area (Å²) in [6.07, 6.45) is 0. The van der Waals surface area contributed by atoms with Gasteiger partial charge in [-0.2, -0.15) is 5.10 Å². The molecule has 0 atom stereocenters. The summed E-state index contributed by atoms with van der Waals surface area (Å²) in [5.74, 6) is 0. The van der Waals surface area contributed by atoms with Gasteiger partial charge in [0, 0.05) is 0 Å². The summed E-state index contributed by atoms with van der Waals surface area (Å²) in [5.41, 5.74) is 6.47. The smallest absolute Gasteiger partial charge is 0.291 e. The molecule has 2 rings (SSSR count). The molecule has 0 bridgehead atoms. The maximum absolute atomic E-state index is 11.9. The zero-order valence-corrected chi connectivity index (χ0v) is 11.6. The topological polar surface area (TPSA) is 60.9 Å². The van der Waals surface area contributed by atoms with Gasteiger partial charge in [-0.15, -0.1) is 0 Å². The molecule has 2 N–H and O–H groups in total. The standard InChI is InChI=1S/C11H9ClIN3O/c12-10-8(13)9(14)11(17)16(15-10)6-7-4-2-1-3-5-7/h1-5H,6,14H2. The van der Waals surface area contributed by atoms with Crippen molar-refractivity contribution in [3.63, 3.8) is 0 Å². The maximum Gasteiger partial charge on any atom is 0.291 e. The predicted molar refractivity (Wildman–Crippen MR) is 76.2 cm³/mol. The Morgan fingerprint density at radius 2 is 2.00 bits per heavy atom. The molecule has 0 aliphatic carbocycles. The molecular weight excluding hydrogens is 352 g/mol. The van der Waals surface area contributed by atoms with Crippen molar-refractivity contribution in [2.45, 2.75) is 6.54 Å². The average Bonchev–Trinajstić information content (AvgIpc) is 2.35. The van der Waals surface area contributed by atoms with E-state index in [1.807, 2.05) is 52.9 Å². The van der Waals surface area contributed by atoms with E-state index < -0.39 is 0 Å². The fourth-order valence-corrected chi connectivity index (χ4v) is 1.93. The molecule has 1 aromatic carbocycles. The predicted octanol–water partition coefficient (Wildman–Crippen LogP) is 2.13. The van der Waals surface area contributed by atoms with Gasteiger partial charge in [-0.05, 0) is 28.2 Å². The molecule has 0 fully saturated rings. The number of halogens is 2. The lowest BCUT2D eigenvalue weighted by molar-refractivity contribution is 0.640. The van der Waals surface area contributed by atoms with E-state index in [0.29, 0.717) is 10.1 Å². The van der Waals surface area contributed by atoms with E-state index in [-0.39, 0.29) is 16.4 Å². The van der Waals surface area contributed by atoms with Gasteiger partial charge in [-0.3, -0.25) is 4.79 Å². The summed E-state index contributed by atoms with van der Waals surface area (Å²) in [6, 6.07) is 9.54. The highest BCUT2D eigenvalue weighted by molar-refractivity contribution is 14.1. The lowest BCUT2D eigenvalue weighted by Crippen LogP contribution is -2.27. The van der Waals surface area contributed by atoms with Crippen LogP contribution in [-0.4, -0.2) is 9.78 Å². The highest BCUT2D eigenvalue weighted by Crippen LogP contribution is 2.18. The molecule has 17 heavy (non-hydrogen) atoms. The van der Waals surface area contributed by atoms with Crippen LogP contribution in [-0.2, 0) is 6.54 Å². The zero-order chi connectivity index (χ0) is 12.4. The lowest BCUT2D eigenvalue weighted by atomic mass is 10.2. The molecule has 1 heterocycles. The van der Waals surface area contributed by atoms with Gasteiger partial charge in [0.05, 0.1) is 10.1 Å². The highest BCUT2D eigenvalue weighted by Gasteiger charge is 2.11. The Balaban J connectivity index is 2.44. The minimum atomic E-state index is -0.317. The SMILES string of the molecule is Nc1c(I)c(Cl)nn(Cc2ccccc2)c1=O. The molecular formula is C11H9ClIN3O. The minimum Gasteiger partial charge on any atom is -0.393 e. The van der Waals surface area contributed by atoms with E-state index in [1.165, 1.54) is 4.68 Å². The summed E-state index contributed by atoms with van der Waals surface area (Å²) in [4.78, 5) is 11.9. The van der Waals surface area contributed by atoms with Crippen LogP contribution in [0.5, 0.6) is 0 Å². The Hall–Kier alpha value is -1.08. The Morgan fingerprint density at radius 1 is 1.35 bits per heavy atom. The van der Waals surface area contributed by atoms with Crippen LogP contribution >= 0.6 is 34.2 Å². The van der Waals surface area contributed by atoms with E-state index in [4.69, 9.17) is 17.3 Å². The van der Waals surface area contributed by atoms with Gasteiger partial charge in [0.2, 0.25) is 0 Å². The van der Waals surface area contributed by atoms with Gasteiger partial charge in [0.1, 0.15) is 5.69 Å². The van der Waals surface area contributed by atoms with Crippen LogP contribution in [0.2, 0.25) is 5.15 Å². The Morgan fingerprint density at radius 3 is 2.65 bits per heavy atom. The van der Waals surface area contributed by atoms with Crippen LogP contribution in [0.1, 0.15) is 5.56 Å². The molecule has 2 aromatic rings. The molecule has 88 valence electrons. The summed E-state index contributed by atoms with van der Waals surface area (Å²) < 4.78 is 1.77. The van der Waals surface area contributed by atoms with E-state index in [2.05, 4.69) is 5.10 Å². The van der Waals surface area contributed by atoms with Gasteiger partial charge < -0.3 is 5.73 Å². The van der Waals surface area contributed by atoms with Gasteiger partial charge in [0.15, 0.2) is 5.15 Å². The number of anilines is 1. The summed E-state index contributed by atoms with van der Waals surface area (Å²) in [5, 5.41) is 4.26. The third-order valence-electron chi connectivity index (χ3n) is 2.27. The van der Waals surface area contributed by atoms with Crippen molar-refractivity contribution in [2.75, 3.05) is 5.73 Å². The summed E-state index contributed by atoms with van der Waals surface area (Å²) >= 11 is 7.81. The first-order chi connectivity index (χ1) is 8.09. The number of nitrogen functional groups attached to an aromatic ring is 1.